The number of amides is 3. The van der Waals surface area contributed by atoms with Crippen LogP contribution in [0.1, 0.15) is 5.56 Å². The second-order valence-electron chi connectivity index (χ2n) is 6.21. The van der Waals surface area contributed by atoms with Gasteiger partial charge in [-0.3, -0.25) is 10.1 Å². The molecule has 0 unspecified atom stereocenters. The fraction of sp³-hybridized carbons (Fsp3) is 0.158. The van der Waals surface area contributed by atoms with E-state index in [0.717, 1.165) is 17.3 Å². The van der Waals surface area contributed by atoms with Crippen LogP contribution in [-0.2, 0) is 11.3 Å². The molecule has 4 rings (SSSR count). The summed E-state index contributed by atoms with van der Waals surface area (Å²) in [7, 11) is 0. The van der Waals surface area contributed by atoms with Crippen molar-refractivity contribution in [3.05, 3.63) is 53.8 Å². The van der Waals surface area contributed by atoms with Crippen LogP contribution in [0.2, 0.25) is 0 Å². The molecule has 160 valence electrons. The number of hydrogen-bond donors (Lipinski definition) is 3. The molecule has 3 aromatic rings. The zero-order valence-corrected chi connectivity index (χ0v) is 17.5. The van der Waals surface area contributed by atoms with Gasteiger partial charge in [0, 0.05) is 18.3 Å². The van der Waals surface area contributed by atoms with E-state index in [1.165, 1.54) is 23.5 Å². The number of benzene rings is 2. The van der Waals surface area contributed by atoms with E-state index in [2.05, 4.69) is 26.1 Å². The van der Waals surface area contributed by atoms with E-state index in [9.17, 15) is 14.0 Å². The first-order chi connectivity index (χ1) is 15.0. The van der Waals surface area contributed by atoms with Crippen LogP contribution in [-0.4, -0.2) is 34.7 Å². The Bertz CT molecular complexity index is 1090. The largest absolute Gasteiger partial charge is 0.454 e. The number of aromatic nitrogens is 2. The van der Waals surface area contributed by atoms with E-state index in [-0.39, 0.29) is 18.4 Å². The van der Waals surface area contributed by atoms with Crippen LogP contribution in [0.4, 0.5) is 20.0 Å². The summed E-state index contributed by atoms with van der Waals surface area (Å²) in [6.07, 6.45) is 0. The maximum absolute atomic E-state index is 12.9. The van der Waals surface area contributed by atoms with Gasteiger partial charge < -0.3 is 20.1 Å². The van der Waals surface area contributed by atoms with Crippen LogP contribution >= 0.6 is 23.1 Å². The Hall–Kier alpha value is -3.38. The van der Waals surface area contributed by atoms with Crippen molar-refractivity contribution in [2.45, 2.75) is 10.9 Å². The summed E-state index contributed by atoms with van der Waals surface area (Å²) in [6, 6.07) is 10.4. The van der Waals surface area contributed by atoms with E-state index >= 15 is 0 Å². The Kier molecular flexibility index (Phi) is 6.48. The number of hydrogen-bond acceptors (Lipinski definition) is 9. The first-order valence-corrected chi connectivity index (χ1v) is 10.8. The molecule has 1 aromatic heterocycles. The lowest BCUT2D eigenvalue weighted by Crippen LogP contribution is -2.35. The normalized spacial score (nSPS) is 11.8. The molecule has 0 radical (unpaired) electrons. The molecule has 0 spiro atoms. The molecule has 0 bridgehead atoms. The second kappa shape index (κ2) is 9.62. The highest BCUT2D eigenvalue weighted by Crippen LogP contribution is 2.34. The number of nitrogens with one attached hydrogen (secondary N) is 3. The zero-order valence-electron chi connectivity index (χ0n) is 15.9. The van der Waals surface area contributed by atoms with Gasteiger partial charge in [0.1, 0.15) is 5.82 Å². The number of imide groups is 1. The van der Waals surface area contributed by atoms with Crippen molar-refractivity contribution in [1.29, 1.82) is 0 Å². The summed E-state index contributed by atoms with van der Waals surface area (Å²) in [5.74, 6) is 0.364. The summed E-state index contributed by atoms with van der Waals surface area (Å²) in [5, 5.41) is 16.5. The van der Waals surface area contributed by atoms with Gasteiger partial charge in [0.2, 0.25) is 17.8 Å². The Morgan fingerprint density at radius 3 is 2.74 bits per heavy atom. The first-order valence-electron chi connectivity index (χ1n) is 9.00. The monoisotopic (exact) mass is 461 g/mol. The molecule has 3 amide bonds. The molecule has 0 saturated carbocycles. The molecular formula is C19H16FN5O4S2. The van der Waals surface area contributed by atoms with E-state index in [1.807, 2.05) is 0 Å². The van der Waals surface area contributed by atoms with Crippen molar-refractivity contribution < 1.29 is 23.5 Å². The third-order valence-electron chi connectivity index (χ3n) is 3.97. The van der Waals surface area contributed by atoms with Crippen LogP contribution in [0.15, 0.2) is 46.8 Å². The van der Waals surface area contributed by atoms with Gasteiger partial charge in [-0.05, 0) is 29.8 Å². The number of anilines is 2. The maximum atomic E-state index is 12.9. The van der Waals surface area contributed by atoms with Gasteiger partial charge in [0.25, 0.3) is 0 Å². The summed E-state index contributed by atoms with van der Waals surface area (Å²) in [5.41, 5.74) is 1.38. The summed E-state index contributed by atoms with van der Waals surface area (Å²) in [4.78, 5) is 24.0. The highest BCUT2D eigenvalue weighted by Gasteiger charge is 2.15. The number of carbonyl (C=O) groups is 2. The second-order valence-corrected chi connectivity index (χ2v) is 8.41. The standard InChI is InChI=1S/C19H16FN5O4S2/c20-12-3-1-11(2-4-12)8-21-18-24-25-19(31-18)30-9-16(26)23-17(27)22-13-5-6-14-15(7-13)29-10-28-14/h1-7H,8-10H2,(H,21,24)(H2,22,23,26,27). The SMILES string of the molecule is O=C(CSc1nnc(NCc2ccc(F)cc2)s1)NC(=O)Nc1ccc2c(c1)OCO2. The number of halogens is 1. The van der Waals surface area contributed by atoms with Crippen molar-refractivity contribution in [2.24, 2.45) is 0 Å². The van der Waals surface area contributed by atoms with E-state index in [4.69, 9.17) is 9.47 Å². The summed E-state index contributed by atoms with van der Waals surface area (Å²) >= 11 is 2.44. The van der Waals surface area contributed by atoms with Crippen LogP contribution in [0.25, 0.3) is 0 Å². The number of urea groups is 1. The molecule has 0 fully saturated rings. The van der Waals surface area contributed by atoms with Crippen LogP contribution in [0.3, 0.4) is 0 Å². The molecule has 0 aliphatic carbocycles. The molecule has 9 nitrogen and oxygen atoms in total. The minimum Gasteiger partial charge on any atom is -0.454 e. The Morgan fingerprint density at radius 1 is 1.10 bits per heavy atom. The van der Waals surface area contributed by atoms with Crippen LogP contribution < -0.4 is 25.4 Å². The molecule has 0 saturated heterocycles. The fourth-order valence-corrected chi connectivity index (χ4v) is 4.09. The number of carbonyl (C=O) groups excluding carboxylic acids is 2. The summed E-state index contributed by atoms with van der Waals surface area (Å²) in [6.45, 7) is 0.607. The maximum Gasteiger partial charge on any atom is 0.325 e. The van der Waals surface area contributed by atoms with Crippen molar-refractivity contribution >= 4 is 45.9 Å². The highest BCUT2D eigenvalue weighted by molar-refractivity contribution is 8.01. The highest BCUT2D eigenvalue weighted by atomic mass is 32.2. The average molecular weight is 462 g/mol. The van der Waals surface area contributed by atoms with Crippen molar-refractivity contribution in [1.82, 2.24) is 15.5 Å². The molecule has 1 aliphatic heterocycles. The minimum absolute atomic E-state index is 0.00115. The molecule has 2 heterocycles. The van der Waals surface area contributed by atoms with Gasteiger partial charge in [-0.25, -0.2) is 9.18 Å². The van der Waals surface area contributed by atoms with Crippen molar-refractivity contribution in [2.75, 3.05) is 23.2 Å². The molecule has 0 atom stereocenters. The molecule has 12 heteroatoms. The molecule has 31 heavy (non-hydrogen) atoms. The smallest absolute Gasteiger partial charge is 0.325 e. The van der Waals surface area contributed by atoms with Gasteiger partial charge >= 0.3 is 6.03 Å². The third kappa shape index (κ3) is 5.83. The molecular weight excluding hydrogens is 445 g/mol. The molecule has 3 N–H and O–H groups in total. The number of thioether (sulfide) groups is 1. The minimum atomic E-state index is -0.650. The third-order valence-corrected chi connectivity index (χ3v) is 5.99. The average Bonchev–Trinajstić information content (AvgIpc) is 3.40. The Labute approximate surface area is 184 Å². The van der Waals surface area contributed by atoms with Gasteiger partial charge in [0.15, 0.2) is 15.8 Å². The fourth-order valence-electron chi connectivity index (χ4n) is 2.55. The number of fused-ring (bicyclic) bond motifs is 1. The number of rotatable bonds is 7. The van der Waals surface area contributed by atoms with E-state index in [0.29, 0.717) is 33.2 Å². The Balaban J connectivity index is 1.20. The zero-order chi connectivity index (χ0) is 21.6. The lowest BCUT2D eigenvalue weighted by molar-refractivity contribution is -0.117. The summed E-state index contributed by atoms with van der Waals surface area (Å²) < 4.78 is 24.0. The number of ether oxygens (including phenoxy) is 2. The quantitative estimate of drug-likeness (QED) is 0.459. The van der Waals surface area contributed by atoms with Crippen LogP contribution in [0, 0.1) is 5.82 Å². The van der Waals surface area contributed by atoms with Crippen LogP contribution in [0.5, 0.6) is 11.5 Å². The Morgan fingerprint density at radius 2 is 1.90 bits per heavy atom. The van der Waals surface area contributed by atoms with Gasteiger partial charge in [-0.15, -0.1) is 10.2 Å². The number of nitrogens with zero attached hydrogens (tertiary/aromatic N) is 2. The topological polar surface area (TPSA) is 114 Å². The molecule has 2 aromatic carbocycles. The van der Waals surface area contributed by atoms with Crippen molar-refractivity contribution in [3.63, 3.8) is 0 Å². The lowest BCUT2D eigenvalue weighted by Gasteiger charge is -2.07. The first kappa shape index (κ1) is 20.9. The van der Waals surface area contributed by atoms with Gasteiger partial charge in [-0.2, -0.15) is 0 Å². The lowest BCUT2D eigenvalue weighted by atomic mass is 10.2. The van der Waals surface area contributed by atoms with Gasteiger partial charge in [0.05, 0.1) is 5.75 Å². The predicted octanol–water partition coefficient (Wildman–Crippen LogP) is 3.46. The van der Waals surface area contributed by atoms with E-state index in [1.54, 1.807) is 30.3 Å². The van der Waals surface area contributed by atoms with E-state index < -0.39 is 11.9 Å². The van der Waals surface area contributed by atoms with Crippen molar-refractivity contribution in [3.8, 4) is 11.5 Å². The molecule has 1 aliphatic rings. The van der Waals surface area contributed by atoms with Gasteiger partial charge in [-0.1, -0.05) is 35.2 Å². The predicted molar refractivity (Wildman–Crippen MR) is 114 cm³/mol.